The predicted molar refractivity (Wildman–Crippen MR) is 63.8 cm³/mol. The third-order valence-corrected chi connectivity index (χ3v) is 3.22. The van der Waals surface area contributed by atoms with Crippen molar-refractivity contribution in [3.63, 3.8) is 0 Å². The molecular weight excluding hydrogens is 234 g/mol. The number of rotatable bonds is 6. The lowest BCUT2D eigenvalue weighted by atomic mass is 9.78. The maximum atomic E-state index is 11.6. The number of hydrogen-bond donors (Lipinski definition) is 2. The van der Waals surface area contributed by atoms with Gasteiger partial charge < -0.3 is 15.0 Å². The van der Waals surface area contributed by atoms with Crippen LogP contribution in [-0.4, -0.2) is 32.6 Å². The topological polar surface area (TPSA) is 84.2 Å². The van der Waals surface area contributed by atoms with Gasteiger partial charge in [0.25, 0.3) is 0 Å². The molecule has 0 radical (unpaired) electrons. The Labute approximate surface area is 105 Å². The maximum absolute atomic E-state index is 11.6. The van der Waals surface area contributed by atoms with Crippen molar-refractivity contribution in [2.24, 2.45) is 5.92 Å². The minimum atomic E-state index is -0.759. The molecule has 98 valence electrons. The van der Waals surface area contributed by atoms with Crippen molar-refractivity contribution in [2.75, 3.05) is 0 Å². The number of imidazole rings is 1. The summed E-state index contributed by atoms with van der Waals surface area (Å²) in [6.07, 6.45) is 7.38. The van der Waals surface area contributed by atoms with Crippen LogP contribution in [0, 0.1) is 5.92 Å². The second kappa shape index (κ2) is 5.66. The van der Waals surface area contributed by atoms with E-state index < -0.39 is 5.97 Å². The van der Waals surface area contributed by atoms with E-state index in [2.05, 4.69) is 10.3 Å². The minimum Gasteiger partial charge on any atom is -0.481 e. The highest BCUT2D eigenvalue weighted by Gasteiger charge is 2.31. The van der Waals surface area contributed by atoms with E-state index in [9.17, 15) is 9.59 Å². The lowest BCUT2D eigenvalue weighted by Crippen LogP contribution is -2.45. The van der Waals surface area contributed by atoms with Crippen LogP contribution >= 0.6 is 0 Å². The van der Waals surface area contributed by atoms with Crippen LogP contribution in [0.4, 0.5) is 0 Å². The molecule has 1 aromatic rings. The number of carbonyl (C=O) groups is 2. The molecule has 1 saturated carbocycles. The highest BCUT2D eigenvalue weighted by atomic mass is 16.4. The Bertz CT molecular complexity index is 410. The van der Waals surface area contributed by atoms with Gasteiger partial charge in [0, 0.05) is 37.8 Å². The first-order valence-electron chi connectivity index (χ1n) is 6.10. The number of aryl methyl sites for hydroxylation is 1. The molecule has 1 heterocycles. The van der Waals surface area contributed by atoms with Crippen LogP contribution in [0.5, 0.6) is 0 Å². The fourth-order valence-electron chi connectivity index (χ4n) is 2.22. The van der Waals surface area contributed by atoms with E-state index in [1.54, 1.807) is 12.5 Å². The first-order valence-corrected chi connectivity index (χ1v) is 6.10. The third kappa shape index (κ3) is 3.58. The summed E-state index contributed by atoms with van der Waals surface area (Å²) in [5.41, 5.74) is 0. The zero-order valence-electron chi connectivity index (χ0n) is 10.1. The fraction of sp³-hybridized carbons (Fsp3) is 0.583. The monoisotopic (exact) mass is 251 g/mol. The Morgan fingerprint density at radius 2 is 2.22 bits per heavy atom. The van der Waals surface area contributed by atoms with Crippen LogP contribution in [0.2, 0.25) is 0 Å². The third-order valence-electron chi connectivity index (χ3n) is 3.22. The van der Waals surface area contributed by atoms with E-state index >= 15 is 0 Å². The van der Waals surface area contributed by atoms with Gasteiger partial charge in [0.05, 0.1) is 6.33 Å². The Morgan fingerprint density at radius 1 is 1.44 bits per heavy atom. The Morgan fingerprint density at radius 3 is 2.83 bits per heavy atom. The number of hydrogen-bond acceptors (Lipinski definition) is 3. The normalized spacial score (nSPS) is 22.2. The largest absolute Gasteiger partial charge is 0.481 e. The molecule has 1 aliphatic carbocycles. The summed E-state index contributed by atoms with van der Waals surface area (Å²) >= 11 is 0. The SMILES string of the molecule is O=C(O)CC1CC(NC(=O)CCn2ccnc2)C1. The summed E-state index contributed by atoms with van der Waals surface area (Å²) in [6.45, 7) is 0.622. The van der Waals surface area contributed by atoms with E-state index in [4.69, 9.17) is 5.11 Å². The quantitative estimate of drug-likeness (QED) is 0.777. The summed E-state index contributed by atoms with van der Waals surface area (Å²) in [5.74, 6) is -0.520. The summed E-state index contributed by atoms with van der Waals surface area (Å²) in [4.78, 5) is 26.0. The number of aromatic nitrogens is 2. The molecule has 18 heavy (non-hydrogen) atoms. The van der Waals surface area contributed by atoms with Gasteiger partial charge in [0.15, 0.2) is 0 Å². The smallest absolute Gasteiger partial charge is 0.303 e. The van der Waals surface area contributed by atoms with Gasteiger partial charge in [-0.15, -0.1) is 0 Å². The van der Waals surface area contributed by atoms with Crippen LogP contribution < -0.4 is 5.32 Å². The molecule has 2 N–H and O–H groups in total. The predicted octanol–water partition coefficient (Wildman–Crippen LogP) is 0.643. The molecule has 1 amide bonds. The van der Waals surface area contributed by atoms with Crippen molar-refractivity contribution < 1.29 is 14.7 Å². The lowest BCUT2D eigenvalue weighted by molar-refractivity contribution is -0.138. The van der Waals surface area contributed by atoms with Crippen LogP contribution in [0.3, 0.4) is 0 Å². The Balaban J connectivity index is 1.60. The van der Waals surface area contributed by atoms with Crippen molar-refractivity contribution in [2.45, 2.75) is 38.3 Å². The zero-order valence-corrected chi connectivity index (χ0v) is 10.1. The molecule has 0 atom stereocenters. The van der Waals surface area contributed by atoms with E-state index in [0.29, 0.717) is 13.0 Å². The number of nitrogens with one attached hydrogen (secondary N) is 1. The summed E-state index contributed by atoms with van der Waals surface area (Å²) in [5, 5.41) is 11.5. The fourth-order valence-corrected chi connectivity index (χ4v) is 2.22. The van der Waals surface area contributed by atoms with Gasteiger partial charge >= 0.3 is 5.97 Å². The Hall–Kier alpha value is -1.85. The molecular formula is C12H17N3O3. The van der Waals surface area contributed by atoms with E-state index in [1.807, 2.05) is 10.8 Å². The molecule has 1 fully saturated rings. The van der Waals surface area contributed by atoms with Gasteiger partial charge in [-0.2, -0.15) is 0 Å². The molecule has 0 bridgehead atoms. The van der Waals surface area contributed by atoms with Gasteiger partial charge in [0.2, 0.25) is 5.91 Å². The highest BCUT2D eigenvalue weighted by molar-refractivity contribution is 5.76. The molecule has 1 aromatic heterocycles. The molecule has 0 unspecified atom stereocenters. The number of carbonyl (C=O) groups excluding carboxylic acids is 1. The number of carboxylic acids is 1. The van der Waals surface area contributed by atoms with Crippen LogP contribution in [0.1, 0.15) is 25.7 Å². The first-order chi connectivity index (χ1) is 8.63. The van der Waals surface area contributed by atoms with Gasteiger partial charge in [-0.05, 0) is 18.8 Å². The van der Waals surface area contributed by atoms with E-state index in [0.717, 1.165) is 12.8 Å². The number of amides is 1. The number of carboxylic acid groups (broad SMARTS) is 1. The average molecular weight is 251 g/mol. The van der Waals surface area contributed by atoms with Crippen molar-refractivity contribution in [3.8, 4) is 0 Å². The van der Waals surface area contributed by atoms with Crippen molar-refractivity contribution in [1.29, 1.82) is 0 Å². The molecule has 0 spiro atoms. The summed E-state index contributed by atoms with van der Waals surface area (Å²) in [7, 11) is 0. The molecule has 1 aliphatic rings. The molecule has 6 nitrogen and oxygen atoms in total. The van der Waals surface area contributed by atoms with Crippen molar-refractivity contribution >= 4 is 11.9 Å². The van der Waals surface area contributed by atoms with E-state index in [-0.39, 0.29) is 24.3 Å². The van der Waals surface area contributed by atoms with Crippen LogP contribution in [0.15, 0.2) is 18.7 Å². The first kappa shape index (κ1) is 12.6. The zero-order chi connectivity index (χ0) is 13.0. The van der Waals surface area contributed by atoms with Crippen LogP contribution in [0.25, 0.3) is 0 Å². The molecule has 2 rings (SSSR count). The standard InChI is InChI=1S/C12H17N3O3/c16-11(1-3-15-4-2-13-8-15)14-10-5-9(6-10)7-12(17)18/h2,4,8-10H,1,3,5-7H2,(H,14,16)(H,17,18). The van der Waals surface area contributed by atoms with Gasteiger partial charge in [0.1, 0.15) is 0 Å². The van der Waals surface area contributed by atoms with Crippen molar-refractivity contribution in [1.82, 2.24) is 14.9 Å². The van der Waals surface area contributed by atoms with Crippen LogP contribution in [-0.2, 0) is 16.1 Å². The lowest BCUT2D eigenvalue weighted by Gasteiger charge is -2.34. The highest BCUT2D eigenvalue weighted by Crippen LogP contribution is 2.30. The van der Waals surface area contributed by atoms with E-state index in [1.165, 1.54) is 0 Å². The maximum Gasteiger partial charge on any atom is 0.303 e. The average Bonchev–Trinajstić information content (AvgIpc) is 2.75. The molecule has 0 saturated heterocycles. The van der Waals surface area contributed by atoms with Crippen molar-refractivity contribution in [3.05, 3.63) is 18.7 Å². The molecule has 6 heteroatoms. The second-order valence-corrected chi connectivity index (χ2v) is 4.75. The molecule has 0 aliphatic heterocycles. The van der Waals surface area contributed by atoms with Gasteiger partial charge in [-0.25, -0.2) is 4.98 Å². The minimum absolute atomic E-state index is 0.0162. The number of aliphatic carboxylic acids is 1. The van der Waals surface area contributed by atoms with Gasteiger partial charge in [-0.1, -0.05) is 0 Å². The molecule has 0 aromatic carbocycles. The summed E-state index contributed by atoms with van der Waals surface area (Å²) < 4.78 is 1.85. The second-order valence-electron chi connectivity index (χ2n) is 4.75. The number of nitrogens with zero attached hydrogens (tertiary/aromatic N) is 2. The Kier molecular flexibility index (Phi) is 3.96. The van der Waals surface area contributed by atoms with Gasteiger partial charge in [-0.3, -0.25) is 9.59 Å². The summed E-state index contributed by atoms with van der Waals surface area (Å²) in [6, 6.07) is 0.157.